The number of rotatable bonds is 10. The highest BCUT2D eigenvalue weighted by atomic mass is 16.5. The van der Waals surface area contributed by atoms with Gasteiger partial charge in [0.2, 0.25) is 0 Å². The van der Waals surface area contributed by atoms with Crippen LogP contribution < -0.4 is 9.47 Å². The van der Waals surface area contributed by atoms with Crippen molar-refractivity contribution in [1.29, 1.82) is 0 Å². The Bertz CT molecular complexity index is 600. The molecule has 0 bridgehead atoms. The summed E-state index contributed by atoms with van der Waals surface area (Å²) in [5.74, 6) is 1.31. The summed E-state index contributed by atoms with van der Waals surface area (Å²) in [5, 5.41) is 19.8. The topological polar surface area (TPSA) is 65.4 Å². The van der Waals surface area contributed by atoms with Crippen molar-refractivity contribution in [2.24, 2.45) is 0 Å². The van der Waals surface area contributed by atoms with Gasteiger partial charge in [-0.3, -0.25) is 4.90 Å². The van der Waals surface area contributed by atoms with Crippen molar-refractivity contribution in [2.75, 3.05) is 46.9 Å². The van der Waals surface area contributed by atoms with Gasteiger partial charge in [-0.15, -0.1) is 0 Å². The van der Waals surface area contributed by atoms with Crippen LogP contribution in [0, 0.1) is 0 Å². The predicted octanol–water partition coefficient (Wildman–Crippen LogP) is 1.90. The van der Waals surface area contributed by atoms with Gasteiger partial charge in [-0.25, -0.2) is 0 Å². The maximum atomic E-state index is 10.3. The summed E-state index contributed by atoms with van der Waals surface area (Å²) in [6, 6.07) is 5.89. The lowest BCUT2D eigenvalue weighted by Crippen LogP contribution is -2.41. The average Bonchev–Trinajstić information content (AvgIpc) is 2.61. The normalized spacial score (nSPS) is 17.1. The highest BCUT2D eigenvalue weighted by Gasteiger charge is 2.20. The summed E-state index contributed by atoms with van der Waals surface area (Å²) < 4.78 is 11.3. The van der Waals surface area contributed by atoms with Gasteiger partial charge in [-0.05, 0) is 44.5 Å². The van der Waals surface area contributed by atoms with E-state index in [1.165, 1.54) is 0 Å². The second kappa shape index (κ2) is 10.7. The monoisotopic (exact) mass is 378 g/mol. The van der Waals surface area contributed by atoms with Crippen molar-refractivity contribution in [2.45, 2.75) is 38.5 Å². The third-order valence-electron chi connectivity index (χ3n) is 4.68. The number of benzene rings is 1. The second-order valence-electron chi connectivity index (χ2n) is 7.61. The molecule has 0 spiro atoms. The van der Waals surface area contributed by atoms with Crippen LogP contribution in [0.15, 0.2) is 30.4 Å². The Morgan fingerprint density at radius 1 is 1.33 bits per heavy atom. The van der Waals surface area contributed by atoms with Crippen molar-refractivity contribution < 1.29 is 19.7 Å². The molecule has 1 aliphatic heterocycles. The van der Waals surface area contributed by atoms with E-state index < -0.39 is 6.10 Å². The van der Waals surface area contributed by atoms with Crippen LogP contribution in [-0.2, 0) is 6.54 Å². The van der Waals surface area contributed by atoms with E-state index in [-0.39, 0.29) is 12.7 Å². The number of hydrogen-bond acceptors (Lipinski definition) is 6. The lowest BCUT2D eigenvalue weighted by Gasteiger charge is -2.30. The van der Waals surface area contributed by atoms with E-state index in [1.807, 2.05) is 25.1 Å². The molecule has 1 atom stereocenters. The number of β-amino-alcohol motifs (C(OH)–C–C–N with tert-alkyl or cyclic N) is 1. The van der Waals surface area contributed by atoms with Crippen molar-refractivity contribution in [3.05, 3.63) is 35.9 Å². The van der Waals surface area contributed by atoms with E-state index in [0.29, 0.717) is 18.0 Å². The fourth-order valence-electron chi connectivity index (χ4n) is 3.40. The Kier molecular flexibility index (Phi) is 8.57. The molecule has 0 amide bonds. The van der Waals surface area contributed by atoms with Crippen LogP contribution in [-0.4, -0.2) is 79.2 Å². The molecule has 0 aromatic heterocycles. The Morgan fingerprint density at radius 2 is 2.04 bits per heavy atom. The molecular formula is C21H34N2O4. The largest absolute Gasteiger partial charge is 0.493 e. The minimum Gasteiger partial charge on any atom is -0.493 e. The molecule has 1 fully saturated rings. The van der Waals surface area contributed by atoms with Crippen LogP contribution in [0.25, 0.3) is 0 Å². The zero-order valence-corrected chi connectivity index (χ0v) is 16.9. The van der Waals surface area contributed by atoms with Crippen molar-refractivity contribution in [1.82, 2.24) is 9.80 Å². The first-order valence-electron chi connectivity index (χ1n) is 9.58. The molecular weight excluding hydrogens is 344 g/mol. The van der Waals surface area contributed by atoms with Gasteiger partial charge < -0.3 is 24.6 Å². The van der Waals surface area contributed by atoms with Gasteiger partial charge in [0.15, 0.2) is 11.5 Å². The summed E-state index contributed by atoms with van der Waals surface area (Å²) in [6.45, 7) is 10.0. The zero-order chi connectivity index (χ0) is 19.8. The minimum atomic E-state index is -0.577. The van der Waals surface area contributed by atoms with Gasteiger partial charge in [0.05, 0.1) is 13.2 Å². The van der Waals surface area contributed by atoms with Crippen LogP contribution >= 0.6 is 0 Å². The molecule has 1 aromatic rings. The maximum absolute atomic E-state index is 10.3. The fraction of sp³-hybridized carbons (Fsp3) is 0.619. The molecule has 0 radical (unpaired) electrons. The van der Waals surface area contributed by atoms with E-state index >= 15 is 0 Å². The smallest absolute Gasteiger partial charge is 0.161 e. The van der Waals surface area contributed by atoms with E-state index in [0.717, 1.165) is 50.2 Å². The molecule has 0 aliphatic carbocycles. The lowest BCUT2D eigenvalue weighted by atomic mass is 10.1. The van der Waals surface area contributed by atoms with Gasteiger partial charge in [0.1, 0.15) is 12.7 Å². The van der Waals surface area contributed by atoms with Crippen molar-refractivity contribution in [3.8, 4) is 11.5 Å². The predicted molar refractivity (Wildman–Crippen MR) is 107 cm³/mol. The number of methoxy groups -OCH3 is 1. The first-order chi connectivity index (χ1) is 12.9. The standard InChI is InChI=1S/C21H34N2O4/c1-16(2)12-22(3)13-17-5-6-20(21(11-17)26-4)27-15-19(25)14-23-9-7-18(24)8-10-23/h5-6,11,18-19,24-25H,1,7-10,12-15H2,2-4H3. The number of aliphatic hydroxyl groups is 2. The Balaban J connectivity index is 1.85. The number of hydrogen-bond donors (Lipinski definition) is 2. The van der Waals surface area contributed by atoms with Crippen LogP contribution in [0.1, 0.15) is 25.3 Å². The minimum absolute atomic E-state index is 0.202. The summed E-state index contributed by atoms with van der Waals surface area (Å²) in [4.78, 5) is 4.36. The highest BCUT2D eigenvalue weighted by molar-refractivity contribution is 5.43. The molecule has 27 heavy (non-hydrogen) atoms. The van der Waals surface area contributed by atoms with Crippen molar-refractivity contribution in [3.63, 3.8) is 0 Å². The third kappa shape index (κ3) is 7.50. The molecule has 1 aromatic carbocycles. The summed E-state index contributed by atoms with van der Waals surface area (Å²) in [7, 11) is 3.68. The lowest BCUT2D eigenvalue weighted by molar-refractivity contribution is 0.0333. The third-order valence-corrected chi connectivity index (χ3v) is 4.68. The number of nitrogens with zero attached hydrogens (tertiary/aromatic N) is 2. The highest BCUT2D eigenvalue weighted by Crippen LogP contribution is 2.28. The Hall–Kier alpha value is -1.60. The van der Waals surface area contributed by atoms with E-state index in [1.54, 1.807) is 7.11 Å². The van der Waals surface area contributed by atoms with E-state index in [4.69, 9.17) is 9.47 Å². The summed E-state index contributed by atoms with van der Waals surface area (Å²) >= 11 is 0. The van der Waals surface area contributed by atoms with Gasteiger partial charge in [-0.2, -0.15) is 0 Å². The van der Waals surface area contributed by atoms with Crippen LogP contribution in [0.3, 0.4) is 0 Å². The molecule has 1 saturated heterocycles. The molecule has 1 heterocycles. The first kappa shape index (κ1) is 21.7. The van der Waals surface area contributed by atoms with E-state index in [2.05, 4.69) is 23.4 Å². The zero-order valence-electron chi connectivity index (χ0n) is 16.9. The number of piperidine rings is 1. The maximum Gasteiger partial charge on any atom is 0.161 e. The van der Waals surface area contributed by atoms with Crippen molar-refractivity contribution >= 4 is 0 Å². The van der Waals surface area contributed by atoms with Crippen LogP contribution in [0.2, 0.25) is 0 Å². The van der Waals surface area contributed by atoms with Crippen LogP contribution in [0.5, 0.6) is 11.5 Å². The Morgan fingerprint density at radius 3 is 2.67 bits per heavy atom. The molecule has 0 saturated carbocycles. The molecule has 1 aliphatic rings. The SMILES string of the molecule is C=C(C)CN(C)Cc1ccc(OCC(O)CN2CCC(O)CC2)c(OC)c1. The van der Waals surface area contributed by atoms with E-state index in [9.17, 15) is 10.2 Å². The second-order valence-corrected chi connectivity index (χ2v) is 7.61. The number of likely N-dealkylation sites (N-methyl/N-ethyl adjacent to an activating group) is 1. The molecule has 6 heteroatoms. The molecule has 2 N–H and O–H groups in total. The van der Waals surface area contributed by atoms with Crippen LogP contribution in [0.4, 0.5) is 0 Å². The quantitative estimate of drug-likeness (QED) is 0.606. The molecule has 6 nitrogen and oxygen atoms in total. The fourth-order valence-corrected chi connectivity index (χ4v) is 3.40. The molecule has 1 unspecified atom stereocenters. The van der Waals surface area contributed by atoms with Gasteiger partial charge >= 0.3 is 0 Å². The number of ether oxygens (including phenoxy) is 2. The summed E-state index contributed by atoms with van der Waals surface area (Å²) in [6.07, 6.45) is 0.754. The van der Waals surface area contributed by atoms with Gasteiger partial charge in [-0.1, -0.05) is 18.2 Å². The molecule has 152 valence electrons. The van der Waals surface area contributed by atoms with Gasteiger partial charge in [0.25, 0.3) is 0 Å². The van der Waals surface area contributed by atoms with Gasteiger partial charge in [0, 0.05) is 32.7 Å². The number of aliphatic hydroxyl groups excluding tert-OH is 2. The number of likely N-dealkylation sites (tertiary alicyclic amines) is 1. The summed E-state index contributed by atoms with van der Waals surface area (Å²) in [5.41, 5.74) is 2.26. The first-order valence-corrected chi connectivity index (χ1v) is 9.58. The average molecular weight is 379 g/mol. The Labute approximate surface area is 163 Å². The molecule has 2 rings (SSSR count).